The van der Waals surface area contributed by atoms with Crippen LogP contribution in [0, 0.1) is 17.8 Å². The van der Waals surface area contributed by atoms with Gasteiger partial charge in [-0.3, -0.25) is 4.79 Å². The smallest absolute Gasteiger partial charge is 0.224 e. The van der Waals surface area contributed by atoms with Crippen LogP contribution < -0.4 is 5.32 Å². The van der Waals surface area contributed by atoms with Crippen LogP contribution in [-0.4, -0.2) is 26.1 Å². The zero-order valence-electron chi connectivity index (χ0n) is 13.3. The van der Waals surface area contributed by atoms with E-state index in [1.165, 1.54) is 25.7 Å². The van der Waals surface area contributed by atoms with Crippen molar-refractivity contribution in [3.63, 3.8) is 0 Å². The molecular formula is C17H21N5O. The first kappa shape index (κ1) is 14.4. The molecule has 0 aliphatic heterocycles. The molecule has 0 spiro atoms. The van der Waals surface area contributed by atoms with Gasteiger partial charge in [0.1, 0.15) is 0 Å². The molecular weight excluding hydrogens is 290 g/mol. The van der Waals surface area contributed by atoms with Crippen LogP contribution in [0.2, 0.25) is 0 Å². The quantitative estimate of drug-likeness (QED) is 0.942. The SMILES string of the molecule is Cn1nnnc1-c1cccc(NC(=O)C[C@@H]2C[C@H]3CC[C@H]2C3)c1. The fraction of sp³-hybridized carbons (Fsp3) is 0.529. The highest BCUT2D eigenvalue weighted by molar-refractivity contribution is 5.91. The Hall–Kier alpha value is -2.24. The molecule has 2 aromatic rings. The molecule has 6 nitrogen and oxygen atoms in total. The molecule has 1 aromatic heterocycles. The van der Waals surface area contributed by atoms with E-state index in [-0.39, 0.29) is 5.91 Å². The minimum absolute atomic E-state index is 0.121. The molecule has 2 aliphatic carbocycles. The Labute approximate surface area is 135 Å². The number of nitrogens with one attached hydrogen (secondary N) is 1. The van der Waals surface area contributed by atoms with Gasteiger partial charge in [0.15, 0.2) is 5.82 Å². The summed E-state index contributed by atoms with van der Waals surface area (Å²) in [6.45, 7) is 0. The lowest BCUT2D eigenvalue weighted by atomic mass is 9.86. The minimum atomic E-state index is 0.121. The van der Waals surface area contributed by atoms with Gasteiger partial charge in [0, 0.05) is 24.7 Å². The van der Waals surface area contributed by atoms with Gasteiger partial charge in [0.2, 0.25) is 5.91 Å². The van der Waals surface area contributed by atoms with Crippen LogP contribution in [0.4, 0.5) is 5.69 Å². The van der Waals surface area contributed by atoms with Crippen molar-refractivity contribution in [2.45, 2.75) is 32.1 Å². The highest BCUT2D eigenvalue weighted by atomic mass is 16.1. The number of hydrogen-bond donors (Lipinski definition) is 1. The summed E-state index contributed by atoms with van der Waals surface area (Å²) in [5.74, 6) is 3.05. The van der Waals surface area contributed by atoms with Crippen molar-refractivity contribution in [3.05, 3.63) is 24.3 Å². The molecule has 2 fully saturated rings. The van der Waals surface area contributed by atoms with Gasteiger partial charge in [-0.2, -0.15) is 0 Å². The molecule has 2 aliphatic rings. The molecule has 1 amide bonds. The standard InChI is InChI=1S/C17H21N5O/c1-22-17(19-20-21-22)13-3-2-4-15(9-13)18-16(23)10-14-8-11-5-6-12(14)7-11/h2-4,9,11-12,14H,5-8,10H2,1H3,(H,18,23)/t11-,12-,14-/m0/s1. The van der Waals surface area contributed by atoms with Gasteiger partial charge in [-0.05, 0) is 59.6 Å². The summed E-state index contributed by atoms with van der Waals surface area (Å²) in [6, 6.07) is 7.69. The number of rotatable bonds is 4. The molecule has 6 heteroatoms. The van der Waals surface area contributed by atoms with Crippen LogP contribution in [0.15, 0.2) is 24.3 Å². The molecule has 1 aromatic carbocycles. The lowest BCUT2D eigenvalue weighted by Gasteiger charge is -2.20. The fourth-order valence-corrected chi connectivity index (χ4v) is 4.29. The molecule has 1 heterocycles. The Kier molecular flexibility index (Phi) is 3.59. The number of anilines is 1. The molecule has 120 valence electrons. The van der Waals surface area contributed by atoms with E-state index in [0.29, 0.717) is 18.2 Å². The van der Waals surface area contributed by atoms with Crippen LogP contribution in [0.5, 0.6) is 0 Å². The second-order valence-corrected chi connectivity index (χ2v) is 6.89. The Morgan fingerprint density at radius 1 is 1.35 bits per heavy atom. The average Bonchev–Trinajstić information content (AvgIpc) is 3.24. The number of aromatic nitrogens is 4. The third kappa shape index (κ3) is 2.85. The Balaban J connectivity index is 1.42. The van der Waals surface area contributed by atoms with Crippen molar-refractivity contribution >= 4 is 11.6 Å². The third-order valence-corrected chi connectivity index (χ3v) is 5.36. The van der Waals surface area contributed by atoms with E-state index < -0.39 is 0 Å². The van der Waals surface area contributed by atoms with E-state index in [2.05, 4.69) is 20.8 Å². The number of hydrogen-bond acceptors (Lipinski definition) is 4. The number of aryl methyl sites for hydroxylation is 1. The number of benzene rings is 1. The Morgan fingerprint density at radius 3 is 2.96 bits per heavy atom. The highest BCUT2D eigenvalue weighted by Crippen LogP contribution is 2.49. The van der Waals surface area contributed by atoms with E-state index in [1.807, 2.05) is 24.3 Å². The first-order chi connectivity index (χ1) is 11.2. The summed E-state index contributed by atoms with van der Waals surface area (Å²) in [4.78, 5) is 12.4. The van der Waals surface area contributed by atoms with E-state index >= 15 is 0 Å². The van der Waals surface area contributed by atoms with Crippen LogP contribution in [0.25, 0.3) is 11.4 Å². The fourth-order valence-electron chi connectivity index (χ4n) is 4.29. The molecule has 0 saturated heterocycles. The van der Waals surface area contributed by atoms with Crippen LogP contribution in [-0.2, 0) is 11.8 Å². The van der Waals surface area contributed by atoms with Gasteiger partial charge >= 0.3 is 0 Å². The monoisotopic (exact) mass is 311 g/mol. The summed E-state index contributed by atoms with van der Waals surface area (Å²) in [6.07, 6.45) is 5.92. The van der Waals surface area contributed by atoms with Crippen molar-refractivity contribution in [3.8, 4) is 11.4 Å². The van der Waals surface area contributed by atoms with E-state index in [1.54, 1.807) is 11.7 Å². The lowest BCUT2D eigenvalue weighted by Crippen LogP contribution is -2.20. The normalized spacial score (nSPS) is 25.7. The molecule has 3 atom stereocenters. The van der Waals surface area contributed by atoms with Gasteiger partial charge in [0.25, 0.3) is 0 Å². The van der Waals surface area contributed by atoms with Crippen molar-refractivity contribution < 1.29 is 4.79 Å². The van der Waals surface area contributed by atoms with E-state index in [0.717, 1.165) is 23.1 Å². The second kappa shape index (κ2) is 5.76. The summed E-state index contributed by atoms with van der Waals surface area (Å²) < 4.78 is 1.62. The van der Waals surface area contributed by atoms with Crippen molar-refractivity contribution in [2.24, 2.45) is 24.8 Å². The zero-order valence-corrected chi connectivity index (χ0v) is 13.3. The van der Waals surface area contributed by atoms with Crippen LogP contribution in [0.1, 0.15) is 32.1 Å². The Bertz CT molecular complexity index is 725. The van der Waals surface area contributed by atoms with Gasteiger partial charge in [-0.25, -0.2) is 4.68 Å². The number of carbonyl (C=O) groups excluding carboxylic acids is 1. The van der Waals surface area contributed by atoms with Gasteiger partial charge in [0.05, 0.1) is 0 Å². The molecule has 2 bridgehead atoms. The second-order valence-electron chi connectivity index (χ2n) is 6.89. The number of carbonyl (C=O) groups is 1. The highest BCUT2D eigenvalue weighted by Gasteiger charge is 2.40. The molecule has 2 saturated carbocycles. The maximum Gasteiger partial charge on any atom is 0.224 e. The summed E-state index contributed by atoms with van der Waals surface area (Å²) in [5.41, 5.74) is 1.70. The topological polar surface area (TPSA) is 72.7 Å². The maximum atomic E-state index is 12.4. The third-order valence-electron chi connectivity index (χ3n) is 5.36. The zero-order chi connectivity index (χ0) is 15.8. The summed E-state index contributed by atoms with van der Waals surface area (Å²) in [7, 11) is 1.80. The number of nitrogens with zero attached hydrogens (tertiary/aromatic N) is 4. The molecule has 1 N–H and O–H groups in total. The molecule has 0 unspecified atom stereocenters. The molecule has 4 rings (SSSR count). The first-order valence-corrected chi connectivity index (χ1v) is 8.31. The van der Waals surface area contributed by atoms with Crippen LogP contribution in [0.3, 0.4) is 0 Å². The van der Waals surface area contributed by atoms with Crippen molar-refractivity contribution in [2.75, 3.05) is 5.32 Å². The first-order valence-electron chi connectivity index (χ1n) is 8.31. The van der Waals surface area contributed by atoms with Gasteiger partial charge in [-0.15, -0.1) is 5.10 Å². The number of amides is 1. The largest absolute Gasteiger partial charge is 0.326 e. The number of fused-ring (bicyclic) bond motifs is 2. The Morgan fingerprint density at radius 2 is 2.26 bits per heavy atom. The summed E-state index contributed by atoms with van der Waals surface area (Å²) >= 11 is 0. The van der Waals surface area contributed by atoms with E-state index in [4.69, 9.17) is 0 Å². The van der Waals surface area contributed by atoms with E-state index in [9.17, 15) is 4.79 Å². The van der Waals surface area contributed by atoms with Gasteiger partial charge < -0.3 is 5.32 Å². The predicted molar refractivity (Wildman–Crippen MR) is 86.4 cm³/mol. The van der Waals surface area contributed by atoms with Crippen molar-refractivity contribution in [1.82, 2.24) is 20.2 Å². The van der Waals surface area contributed by atoms with Crippen molar-refractivity contribution in [1.29, 1.82) is 0 Å². The number of tetrazole rings is 1. The van der Waals surface area contributed by atoms with Gasteiger partial charge in [-0.1, -0.05) is 18.6 Å². The maximum absolute atomic E-state index is 12.4. The minimum Gasteiger partial charge on any atom is -0.326 e. The average molecular weight is 311 g/mol. The lowest BCUT2D eigenvalue weighted by molar-refractivity contribution is -0.117. The summed E-state index contributed by atoms with van der Waals surface area (Å²) in [5, 5.41) is 14.5. The molecule has 23 heavy (non-hydrogen) atoms. The van der Waals surface area contributed by atoms with Crippen LogP contribution >= 0.6 is 0 Å². The molecule has 0 radical (unpaired) electrons. The predicted octanol–water partition coefficient (Wildman–Crippen LogP) is 2.64.